The highest BCUT2D eigenvalue weighted by molar-refractivity contribution is 14.1. The summed E-state index contributed by atoms with van der Waals surface area (Å²) in [4.78, 5) is 9.54. The molecule has 4 heteroatoms. The Bertz CT molecular complexity index is 64.6. The van der Waals surface area contributed by atoms with E-state index in [2.05, 4.69) is 5.73 Å². The number of carbonyl (C=O) groups is 1. The van der Waals surface area contributed by atoms with Crippen LogP contribution in [0, 0.1) is 0 Å². The topological polar surface area (TPSA) is 43.1 Å². The molecule has 0 rings (SSSR count). The van der Waals surface area contributed by atoms with Crippen LogP contribution in [0.15, 0.2) is 0 Å². The van der Waals surface area contributed by atoms with E-state index in [-0.39, 0.29) is 0 Å². The first-order valence-corrected chi connectivity index (χ1v) is 2.46. The summed E-state index contributed by atoms with van der Waals surface area (Å²) in [7, 11) is 0. The molecule has 0 fully saturated rings. The lowest BCUT2D eigenvalue weighted by molar-refractivity contribution is -0.119. The van der Waals surface area contributed by atoms with Gasteiger partial charge in [0.05, 0.1) is 0 Å². The Labute approximate surface area is 48.0 Å². The Hall–Kier alpha value is 0.130. The number of primary amides is 1. The van der Waals surface area contributed by atoms with E-state index in [4.69, 9.17) is 0 Å². The highest BCUT2D eigenvalue weighted by Crippen LogP contribution is 1.97. The monoisotopic (exact) mass is 203 g/mol. The summed E-state index contributed by atoms with van der Waals surface area (Å²) in [5.41, 5.74) is 4.41. The second kappa shape index (κ2) is 2.33. The molecule has 0 spiro atoms. The molecule has 0 saturated carbocycles. The zero-order valence-corrected chi connectivity index (χ0v) is 4.98. The van der Waals surface area contributed by atoms with Crippen LogP contribution in [0.5, 0.6) is 0 Å². The molecule has 0 aromatic carbocycles. The molecular formula is C2H3FINO. The van der Waals surface area contributed by atoms with Crippen molar-refractivity contribution in [1.82, 2.24) is 0 Å². The highest BCUT2D eigenvalue weighted by atomic mass is 127. The number of carbonyl (C=O) groups excluding carboxylic acids is 1. The van der Waals surface area contributed by atoms with Crippen molar-refractivity contribution >= 4 is 28.5 Å². The van der Waals surface area contributed by atoms with Crippen LogP contribution in [0.25, 0.3) is 0 Å². The summed E-state index contributed by atoms with van der Waals surface area (Å²) in [6.07, 6.45) is 0. The number of hydrogen-bond acceptors (Lipinski definition) is 1. The van der Waals surface area contributed by atoms with Gasteiger partial charge in [0.1, 0.15) is 0 Å². The van der Waals surface area contributed by atoms with Crippen molar-refractivity contribution in [2.75, 3.05) is 0 Å². The van der Waals surface area contributed by atoms with Gasteiger partial charge in [-0.3, -0.25) is 4.79 Å². The summed E-state index contributed by atoms with van der Waals surface area (Å²) < 4.78 is 9.80. The van der Waals surface area contributed by atoms with Crippen LogP contribution in [0.3, 0.4) is 0 Å². The van der Waals surface area contributed by atoms with Gasteiger partial charge in [0.2, 0.25) is 4.18 Å². The fourth-order valence-electron chi connectivity index (χ4n) is 0. The Morgan fingerprint density at radius 2 is 2.17 bits per heavy atom. The molecule has 0 radical (unpaired) electrons. The molecule has 2 nitrogen and oxygen atoms in total. The van der Waals surface area contributed by atoms with Crippen LogP contribution in [0.2, 0.25) is 0 Å². The molecule has 0 aliphatic carbocycles. The van der Waals surface area contributed by atoms with E-state index in [0.29, 0.717) is 0 Å². The zero-order chi connectivity index (χ0) is 5.15. The molecule has 0 aliphatic heterocycles. The molecule has 1 amide bonds. The van der Waals surface area contributed by atoms with Crippen molar-refractivity contribution in [3.8, 4) is 0 Å². The fourth-order valence-corrected chi connectivity index (χ4v) is 0. The van der Waals surface area contributed by atoms with Crippen LogP contribution in [-0.4, -0.2) is 10.1 Å². The number of halogens is 2. The van der Waals surface area contributed by atoms with Gasteiger partial charge in [-0.15, -0.1) is 0 Å². The van der Waals surface area contributed by atoms with Crippen LogP contribution in [0.1, 0.15) is 0 Å². The Balaban J connectivity index is 3.26. The lowest BCUT2D eigenvalue weighted by Crippen LogP contribution is -2.18. The minimum absolute atomic E-state index is 0.921. The lowest BCUT2D eigenvalue weighted by Gasteiger charge is -1.84. The fraction of sp³-hybridized carbons (Fsp3) is 0.500. The summed E-state index contributed by atoms with van der Waals surface area (Å²) in [5.74, 6) is -0.921. The van der Waals surface area contributed by atoms with Gasteiger partial charge in [-0.1, -0.05) is 0 Å². The first kappa shape index (κ1) is 6.13. The second-order valence-electron chi connectivity index (χ2n) is 0.703. The predicted octanol–water partition coefficient (Wildman–Crippen LogP) is 0.202. The Morgan fingerprint density at radius 1 is 2.00 bits per heavy atom. The third-order valence-corrected chi connectivity index (χ3v) is 0.829. The van der Waals surface area contributed by atoms with Crippen LogP contribution >= 0.6 is 22.6 Å². The number of nitrogens with two attached hydrogens (primary N) is 1. The van der Waals surface area contributed by atoms with E-state index in [0.717, 1.165) is 0 Å². The molecule has 36 valence electrons. The van der Waals surface area contributed by atoms with Crippen LogP contribution in [0.4, 0.5) is 4.39 Å². The Kier molecular flexibility index (Phi) is 2.38. The SMILES string of the molecule is NC(=O)[C@@H](F)I. The van der Waals surface area contributed by atoms with Gasteiger partial charge in [-0.25, -0.2) is 4.39 Å². The van der Waals surface area contributed by atoms with Crippen molar-refractivity contribution < 1.29 is 9.18 Å². The largest absolute Gasteiger partial charge is 0.366 e. The summed E-state index contributed by atoms with van der Waals surface area (Å²) in [6.45, 7) is 0. The summed E-state index contributed by atoms with van der Waals surface area (Å²) in [5, 5.41) is 0. The van der Waals surface area contributed by atoms with E-state index in [1.54, 1.807) is 0 Å². The molecule has 0 heterocycles. The predicted molar refractivity (Wildman–Crippen MR) is 28.1 cm³/mol. The van der Waals surface area contributed by atoms with Crippen molar-refractivity contribution in [2.24, 2.45) is 5.73 Å². The first-order chi connectivity index (χ1) is 2.64. The lowest BCUT2D eigenvalue weighted by atomic mass is 10.7. The quantitative estimate of drug-likeness (QED) is 0.480. The first-order valence-electron chi connectivity index (χ1n) is 1.22. The zero-order valence-electron chi connectivity index (χ0n) is 2.82. The van der Waals surface area contributed by atoms with Gasteiger partial charge in [0, 0.05) is 0 Å². The minimum Gasteiger partial charge on any atom is -0.366 e. The average Bonchev–Trinajstić information content (AvgIpc) is 1.36. The molecule has 1 atom stereocenters. The van der Waals surface area contributed by atoms with Gasteiger partial charge >= 0.3 is 0 Å². The smallest absolute Gasteiger partial charge is 0.262 e. The van der Waals surface area contributed by atoms with Crippen molar-refractivity contribution in [2.45, 2.75) is 4.18 Å². The highest BCUT2D eigenvalue weighted by Gasteiger charge is 2.04. The van der Waals surface area contributed by atoms with Crippen molar-refractivity contribution in [1.29, 1.82) is 0 Å². The van der Waals surface area contributed by atoms with E-state index < -0.39 is 10.1 Å². The number of amides is 1. The third kappa shape index (κ3) is 2.37. The molecule has 0 bridgehead atoms. The maximum absolute atomic E-state index is 11.3. The number of rotatable bonds is 1. The molecule has 0 unspecified atom stereocenters. The molecule has 0 aromatic rings. The van der Waals surface area contributed by atoms with Gasteiger partial charge in [-0.05, 0) is 22.6 Å². The van der Waals surface area contributed by atoms with E-state index in [1.807, 2.05) is 0 Å². The maximum atomic E-state index is 11.3. The van der Waals surface area contributed by atoms with E-state index >= 15 is 0 Å². The van der Waals surface area contributed by atoms with Gasteiger partial charge in [-0.2, -0.15) is 0 Å². The average molecular weight is 203 g/mol. The van der Waals surface area contributed by atoms with Crippen LogP contribution in [-0.2, 0) is 4.79 Å². The molecule has 0 aromatic heterocycles. The number of hydrogen-bond donors (Lipinski definition) is 1. The minimum atomic E-state index is -1.54. The van der Waals surface area contributed by atoms with Crippen molar-refractivity contribution in [3.05, 3.63) is 0 Å². The van der Waals surface area contributed by atoms with E-state index in [9.17, 15) is 9.18 Å². The van der Waals surface area contributed by atoms with E-state index in [1.165, 1.54) is 22.6 Å². The third-order valence-electron chi connectivity index (χ3n) is 0.215. The second-order valence-corrected chi connectivity index (χ2v) is 1.80. The summed E-state index contributed by atoms with van der Waals surface area (Å²) >= 11 is 1.29. The van der Waals surface area contributed by atoms with Gasteiger partial charge < -0.3 is 5.73 Å². The molecule has 0 saturated heterocycles. The number of alkyl halides is 2. The molecular weight excluding hydrogens is 200 g/mol. The van der Waals surface area contributed by atoms with Gasteiger partial charge in [0.15, 0.2) is 0 Å². The standard InChI is InChI=1S/C2H3FINO/c3-1(4)2(5)6/h1H,(H2,5,6)/t1-/m0/s1. The van der Waals surface area contributed by atoms with Crippen LogP contribution < -0.4 is 5.73 Å². The summed E-state index contributed by atoms with van der Waals surface area (Å²) in [6, 6.07) is 0. The molecule has 6 heavy (non-hydrogen) atoms. The maximum Gasteiger partial charge on any atom is 0.262 e. The van der Waals surface area contributed by atoms with Crippen molar-refractivity contribution in [3.63, 3.8) is 0 Å². The molecule has 0 aliphatic rings. The molecule has 2 N–H and O–H groups in total. The van der Waals surface area contributed by atoms with Gasteiger partial charge in [0.25, 0.3) is 5.91 Å². The Morgan fingerprint density at radius 3 is 2.17 bits per heavy atom. The normalized spacial score (nSPS) is 13.7.